The number of fused-ring (bicyclic) bond motifs is 1. The van der Waals surface area contributed by atoms with Crippen molar-refractivity contribution >= 4 is 22.2 Å². The first-order valence-electron chi connectivity index (χ1n) is 9.01. The quantitative estimate of drug-likeness (QED) is 0.912. The third-order valence-electron chi connectivity index (χ3n) is 5.30. The summed E-state index contributed by atoms with van der Waals surface area (Å²) in [5.74, 6) is 0.306. The molecule has 5 nitrogen and oxygen atoms in total. The van der Waals surface area contributed by atoms with Gasteiger partial charge in [0.15, 0.2) is 0 Å². The first-order valence-corrected chi connectivity index (χ1v) is 9.83. The molecule has 0 aromatic carbocycles. The Balaban J connectivity index is 1.50. The summed E-state index contributed by atoms with van der Waals surface area (Å²) in [5, 5.41) is 17.6. The Morgan fingerprint density at radius 2 is 2.16 bits per heavy atom. The van der Waals surface area contributed by atoms with Gasteiger partial charge in [-0.05, 0) is 49.1 Å². The maximum atomic E-state index is 12.6. The number of anilines is 1. The summed E-state index contributed by atoms with van der Waals surface area (Å²) in [4.78, 5) is 13.9. The third kappa shape index (κ3) is 3.21. The van der Waals surface area contributed by atoms with Crippen LogP contribution in [0.4, 0.5) is 5.00 Å². The van der Waals surface area contributed by atoms with Gasteiger partial charge < -0.3 is 5.32 Å². The number of thiophene rings is 1. The van der Waals surface area contributed by atoms with Crippen LogP contribution in [0.25, 0.3) is 0 Å². The molecular weight excluding hydrogens is 332 g/mol. The molecule has 25 heavy (non-hydrogen) atoms. The van der Waals surface area contributed by atoms with Crippen molar-refractivity contribution in [2.45, 2.75) is 50.9 Å². The molecule has 130 valence electrons. The number of aryl methyl sites for hydroxylation is 2. The van der Waals surface area contributed by atoms with Gasteiger partial charge in [0.2, 0.25) is 5.91 Å². The van der Waals surface area contributed by atoms with Crippen LogP contribution in [0.1, 0.15) is 59.6 Å². The van der Waals surface area contributed by atoms with E-state index >= 15 is 0 Å². The van der Waals surface area contributed by atoms with E-state index in [1.807, 2.05) is 19.4 Å². The molecule has 1 N–H and O–H groups in total. The lowest BCUT2D eigenvalue weighted by Gasteiger charge is -2.08. The van der Waals surface area contributed by atoms with Crippen LogP contribution >= 0.6 is 11.3 Å². The van der Waals surface area contributed by atoms with Crippen molar-refractivity contribution in [3.63, 3.8) is 0 Å². The van der Waals surface area contributed by atoms with Crippen LogP contribution in [-0.4, -0.2) is 15.7 Å². The number of carbonyl (C=O) groups is 1. The third-order valence-corrected chi connectivity index (χ3v) is 6.51. The molecule has 0 unspecified atom stereocenters. The smallest absolute Gasteiger partial charge is 0.228 e. The Labute approximate surface area is 151 Å². The highest BCUT2D eigenvalue weighted by Crippen LogP contribution is 2.48. The lowest BCUT2D eigenvalue weighted by atomic mass is 9.97. The van der Waals surface area contributed by atoms with Crippen molar-refractivity contribution in [2.24, 2.45) is 13.0 Å². The molecule has 2 heterocycles. The van der Waals surface area contributed by atoms with E-state index in [0.29, 0.717) is 5.56 Å². The summed E-state index contributed by atoms with van der Waals surface area (Å²) in [6, 6.07) is 2.35. The second-order valence-electron chi connectivity index (χ2n) is 7.12. The van der Waals surface area contributed by atoms with Crippen LogP contribution in [0.3, 0.4) is 0 Å². The second kappa shape index (κ2) is 6.64. The minimum absolute atomic E-state index is 0.000395. The number of hydrogen-bond acceptors (Lipinski definition) is 4. The van der Waals surface area contributed by atoms with Gasteiger partial charge in [0, 0.05) is 24.0 Å². The van der Waals surface area contributed by atoms with Gasteiger partial charge >= 0.3 is 0 Å². The molecule has 2 aliphatic carbocycles. The van der Waals surface area contributed by atoms with Crippen LogP contribution in [0.2, 0.25) is 0 Å². The van der Waals surface area contributed by atoms with Crippen molar-refractivity contribution in [1.29, 1.82) is 5.26 Å². The topological polar surface area (TPSA) is 70.7 Å². The summed E-state index contributed by atoms with van der Waals surface area (Å²) >= 11 is 1.61. The number of amides is 1. The van der Waals surface area contributed by atoms with E-state index in [2.05, 4.69) is 16.5 Å². The van der Waals surface area contributed by atoms with E-state index in [4.69, 9.17) is 0 Å². The fourth-order valence-electron chi connectivity index (χ4n) is 3.82. The van der Waals surface area contributed by atoms with Crippen molar-refractivity contribution in [1.82, 2.24) is 9.78 Å². The van der Waals surface area contributed by atoms with Crippen LogP contribution in [0, 0.1) is 17.2 Å². The monoisotopic (exact) mass is 354 g/mol. The average molecular weight is 354 g/mol. The number of rotatable bonds is 3. The molecule has 0 bridgehead atoms. The first kappa shape index (κ1) is 16.3. The average Bonchev–Trinajstić information content (AvgIpc) is 3.17. The Hall–Kier alpha value is -2.13. The van der Waals surface area contributed by atoms with Crippen LogP contribution in [0.15, 0.2) is 12.4 Å². The molecule has 2 aromatic heterocycles. The van der Waals surface area contributed by atoms with E-state index in [9.17, 15) is 10.1 Å². The molecule has 0 spiro atoms. The minimum atomic E-state index is 0.000395. The fraction of sp³-hybridized carbons (Fsp3) is 0.526. The van der Waals surface area contributed by atoms with Gasteiger partial charge in [-0.15, -0.1) is 11.3 Å². The Morgan fingerprint density at radius 1 is 1.36 bits per heavy atom. The molecule has 4 rings (SSSR count). The summed E-state index contributed by atoms with van der Waals surface area (Å²) in [5.41, 5.74) is 3.01. The summed E-state index contributed by atoms with van der Waals surface area (Å²) in [7, 11) is 1.89. The van der Waals surface area contributed by atoms with E-state index < -0.39 is 0 Å². The fourth-order valence-corrected chi connectivity index (χ4v) is 5.06. The molecule has 1 amide bonds. The molecule has 0 saturated heterocycles. The molecule has 2 aromatic rings. The minimum Gasteiger partial charge on any atom is -0.316 e. The molecule has 1 saturated carbocycles. The highest BCUT2D eigenvalue weighted by atomic mass is 32.1. The van der Waals surface area contributed by atoms with E-state index in [0.717, 1.165) is 36.2 Å². The number of aromatic nitrogens is 2. The zero-order chi connectivity index (χ0) is 17.4. The zero-order valence-corrected chi connectivity index (χ0v) is 15.2. The SMILES string of the molecule is Cn1cc([C@@H]2C[C@@H]2C(=O)Nc2sc3c(c2C#N)CCCCCC3)cn1. The Bertz CT molecular complexity index is 844. The van der Waals surface area contributed by atoms with Crippen LogP contribution in [-0.2, 0) is 24.7 Å². The predicted octanol–water partition coefficient (Wildman–Crippen LogP) is 3.75. The lowest BCUT2D eigenvalue weighted by molar-refractivity contribution is -0.117. The molecule has 2 aliphatic rings. The van der Waals surface area contributed by atoms with Gasteiger partial charge in [-0.25, -0.2) is 0 Å². The van der Waals surface area contributed by atoms with Gasteiger partial charge in [-0.3, -0.25) is 9.48 Å². The highest BCUT2D eigenvalue weighted by Gasteiger charge is 2.45. The molecule has 2 atom stereocenters. The predicted molar refractivity (Wildman–Crippen MR) is 97.6 cm³/mol. The Morgan fingerprint density at radius 3 is 2.88 bits per heavy atom. The van der Waals surface area contributed by atoms with Crippen molar-refractivity contribution in [3.8, 4) is 6.07 Å². The molecule has 0 radical (unpaired) electrons. The molecule has 6 heteroatoms. The number of nitrogens with one attached hydrogen (secondary N) is 1. The van der Waals surface area contributed by atoms with E-state index in [-0.39, 0.29) is 17.7 Å². The number of hydrogen-bond donors (Lipinski definition) is 1. The van der Waals surface area contributed by atoms with Gasteiger partial charge in [0.1, 0.15) is 11.1 Å². The van der Waals surface area contributed by atoms with Gasteiger partial charge in [-0.1, -0.05) is 12.8 Å². The van der Waals surface area contributed by atoms with Gasteiger partial charge in [0.25, 0.3) is 0 Å². The van der Waals surface area contributed by atoms with Crippen molar-refractivity contribution in [2.75, 3.05) is 5.32 Å². The number of nitrogens with zero attached hydrogens (tertiary/aromatic N) is 3. The molecular formula is C19H22N4OS. The summed E-state index contributed by atoms with van der Waals surface area (Å²) < 4.78 is 1.77. The van der Waals surface area contributed by atoms with E-state index in [1.54, 1.807) is 16.0 Å². The maximum Gasteiger partial charge on any atom is 0.228 e. The Kier molecular flexibility index (Phi) is 4.34. The van der Waals surface area contributed by atoms with Crippen molar-refractivity contribution < 1.29 is 4.79 Å². The lowest BCUT2D eigenvalue weighted by Crippen LogP contribution is -2.14. The van der Waals surface area contributed by atoms with Crippen LogP contribution in [0.5, 0.6) is 0 Å². The van der Waals surface area contributed by atoms with E-state index in [1.165, 1.54) is 29.7 Å². The summed E-state index contributed by atoms with van der Waals surface area (Å²) in [6.07, 6.45) is 11.5. The maximum absolute atomic E-state index is 12.6. The van der Waals surface area contributed by atoms with Gasteiger partial charge in [0.05, 0.1) is 11.8 Å². The molecule has 1 fully saturated rings. The standard InChI is InChI=1S/C19H22N4OS/c1-23-11-12(10-21-23)14-8-15(14)18(24)22-19-16(9-20)13-6-4-2-3-5-7-17(13)25-19/h10-11,14-15H,2-8H2,1H3,(H,22,24)/t14-,15-/m0/s1. The second-order valence-corrected chi connectivity index (χ2v) is 8.22. The number of carbonyl (C=O) groups excluding carboxylic acids is 1. The van der Waals surface area contributed by atoms with Crippen molar-refractivity contribution in [3.05, 3.63) is 34.0 Å². The largest absolute Gasteiger partial charge is 0.316 e. The highest BCUT2D eigenvalue weighted by molar-refractivity contribution is 7.16. The summed E-state index contributed by atoms with van der Waals surface area (Å²) in [6.45, 7) is 0. The first-order chi connectivity index (χ1) is 12.2. The van der Waals surface area contributed by atoms with Gasteiger partial charge in [-0.2, -0.15) is 10.4 Å². The molecule has 0 aliphatic heterocycles. The number of nitriles is 1. The normalized spacial score (nSPS) is 22.4. The zero-order valence-electron chi connectivity index (χ0n) is 14.4. The van der Waals surface area contributed by atoms with Crippen LogP contribution < -0.4 is 5.32 Å².